The summed E-state index contributed by atoms with van der Waals surface area (Å²) in [6.45, 7) is 0. The molecule has 1 heterocycles. The smallest absolute Gasteiger partial charge is 0.0715 e. The molecule has 0 N–H and O–H groups in total. The predicted molar refractivity (Wildman–Crippen MR) is 127 cm³/mol. The Hall–Kier alpha value is -2.67. The normalized spacial score (nSPS) is 18.0. The average molecular weight is 392 g/mol. The lowest BCUT2D eigenvalue weighted by molar-refractivity contribution is 0.705. The van der Waals surface area contributed by atoms with Crippen LogP contribution in [0, 0.1) is 0 Å². The Labute approximate surface area is 179 Å². The second-order valence-electron chi connectivity index (χ2n) is 9.40. The summed E-state index contributed by atoms with van der Waals surface area (Å²) in [5.41, 5.74) is 6.62. The molecule has 1 aromatic heterocycles. The van der Waals surface area contributed by atoms with Crippen LogP contribution in [0.15, 0.2) is 66.7 Å². The second-order valence-corrected chi connectivity index (χ2v) is 9.40. The zero-order chi connectivity index (χ0) is 19.9. The van der Waals surface area contributed by atoms with Crippen LogP contribution in [0.1, 0.15) is 74.3 Å². The van der Waals surface area contributed by atoms with Crippen LogP contribution >= 0.6 is 0 Å². The molecule has 2 fully saturated rings. The van der Waals surface area contributed by atoms with E-state index in [0.29, 0.717) is 0 Å². The van der Waals surface area contributed by atoms with Crippen LogP contribution in [0.25, 0.3) is 32.9 Å². The largest absolute Gasteiger partial charge is 0.248 e. The Bertz CT molecular complexity index is 1210. The van der Waals surface area contributed by atoms with Crippen molar-refractivity contribution in [2.45, 2.75) is 63.2 Å². The molecule has 0 aliphatic heterocycles. The van der Waals surface area contributed by atoms with Crippen LogP contribution in [0.5, 0.6) is 0 Å². The highest BCUT2D eigenvalue weighted by Crippen LogP contribution is 2.42. The average Bonchev–Trinajstić information content (AvgIpc) is 3.52. The fraction of sp³-hybridized carbons (Fsp3) is 0.345. The first-order chi connectivity index (χ1) is 14.8. The Balaban J connectivity index is 1.49. The van der Waals surface area contributed by atoms with Crippen LogP contribution in [-0.2, 0) is 0 Å². The minimum atomic E-state index is 0.724. The van der Waals surface area contributed by atoms with Crippen molar-refractivity contribution < 1.29 is 0 Å². The molecule has 2 saturated carbocycles. The maximum absolute atomic E-state index is 5.22. The Morgan fingerprint density at radius 1 is 0.633 bits per heavy atom. The first-order valence-corrected chi connectivity index (χ1v) is 11.8. The lowest BCUT2D eigenvalue weighted by atomic mass is 9.87. The number of hydrogen-bond acceptors (Lipinski definition) is 1. The number of hydrogen-bond donors (Lipinski definition) is 0. The third-order valence-corrected chi connectivity index (χ3v) is 7.53. The van der Waals surface area contributed by atoms with Crippen molar-refractivity contribution >= 4 is 21.7 Å². The first kappa shape index (κ1) is 18.1. The van der Waals surface area contributed by atoms with E-state index in [0.717, 1.165) is 17.5 Å². The van der Waals surface area contributed by atoms with Crippen LogP contribution in [-0.4, -0.2) is 4.98 Å². The summed E-state index contributed by atoms with van der Waals surface area (Å²) >= 11 is 0. The fourth-order valence-electron chi connectivity index (χ4n) is 5.86. The zero-order valence-electron chi connectivity index (χ0n) is 17.6. The quantitative estimate of drug-likeness (QED) is 0.342. The number of benzene rings is 3. The highest BCUT2D eigenvalue weighted by molar-refractivity contribution is 5.89. The highest BCUT2D eigenvalue weighted by atomic mass is 14.7. The van der Waals surface area contributed by atoms with E-state index in [9.17, 15) is 0 Å². The molecule has 0 spiro atoms. The van der Waals surface area contributed by atoms with E-state index < -0.39 is 0 Å². The standard InChI is InChI=1S/C29H29N/c1-2-8-20(7-1)25-18-27(22-10-4-5-11-22)26-15-16-28(30-29(26)19-25)24-14-13-21-9-3-6-12-23(21)17-24/h3,6,9,12-20,22H,1-2,4-5,7-8,10-11H2. The van der Waals surface area contributed by atoms with E-state index in [1.54, 1.807) is 11.1 Å². The highest BCUT2D eigenvalue weighted by Gasteiger charge is 2.23. The molecule has 0 amide bonds. The second kappa shape index (κ2) is 7.54. The summed E-state index contributed by atoms with van der Waals surface area (Å²) in [5.74, 6) is 1.46. The molecule has 0 bridgehead atoms. The summed E-state index contributed by atoms with van der Waals surface area (Å²) in [5, 5.41) is 3.95. The number of rotatable bonds is 3. The third kappa shape index (κ3) is 3.21. The van der Waals surface area contributed by atoms with E-state index in [1.165, 1.54) is 78.6 Å². The minimum absolute atomic E-state index is 0.724. The molecule has 1 nitrogen and oxygen atoms in total. The third-order valence-electron chi connectivity index (χ3n) is 7.53. The summed E-state index contributed by atoms with van der Waals surface area (Å²) in [7, 11) is 0. The molecule has 1 heteroatoms. The molecule has 150 valence electrons. The SMILES string of the molecule is c1ccc2cc(-c3ccc4c(C5CCCC5)cc(C5CCCC5)cc4n3)ccc2c1. The van der Waals surface area contributed by atoms with Crippen LogP contribution in [0.2, 0.25) is 0 Å². The van der Waals surface area contributed by atoms with Gasteiger partial charge in [-0.05, 0) is 77.6 Å². The molecule has 2 aliphatic carbocycles. The van der Waals surface area contributed by atoms with Crippen molar-refractivity contribution in [3.8, 4) is 11.3 Å². The van der Waals surface area contributed by atoms with E-state index in [-0.39, 0.29) is 0 Å². The van der Waals surface area contributed by atoms with Gasteiger partial charge >= 0.3 is 0 Å². The fourth-order valence-corrected chi connectivity index (χ4v) is 5.86. The van der Waals surface area contributed by atoms with E-state index >= 15 is 0 Å². The molecule has 2 aliphatic rings. The Morgan fingerprint density at radius 3 is 2.17 bits per heavy atom. The van der Waals surface area contributed by atoms with Gasteiger partial charge in [0.1, 0.15) is 0 Å². The van der Waals surface area contributed by atoms with Crippen LogP contribution < -0.4 is 0 Å². The van der Waals surface area contributed by atoms with Gasteiger partial charge in [0.2, 0.25) is 0 Å². The molecular formula is C29H29N. The maximum atomic E-state index is 5.22. The van der Waals surface area contributed by atoms with E-state index in [2.05, 4.69) is 66.7 Å². The van der Waals surface area contributed by atoms with Crippen molar-refractivity contribution in [2.75, 3.05) is 0 Å². The van der Waals surface area contributed by atoms with Gasteiger partial charge in [0.05, 0.1) is 11.2 Å². The number of pyridine rings is 1. The van der Waals surface area contributed by atoms with Crippen molar-refractivity contribution in [3.63, 3.8) is 0 Å². The molecule has 4 aromatic rings. The Kier molecular flexibility index (Phi) is 4.56. The predicted octanol–water partition coefficient (Wildman–Crippen LogP) is 8.37. The zero-order valence-corrected chi connectivity index (χ0v) is 17.6. The molecule has 0 radical (unpaired) electrons. The lowest BCUT2D eigenvalue weighted by Gasteiger charge is -2.18. The number of nitrogens with zero attached hydrogens (tertiary/aromatic N) is 1. The lowest BCUT2D eigenvalue weighted by Crippen LogP contribution is -2.01. The van der Waals surface area contributed by atoms with Gasteiger partial charge in [-0.3, -0.25) is 0 Å². The van der Waals surface area contributed by atoms with Gasteiger partial charge in [0.25, 0.3) is 0 Å². The number of fused-ring (bicyclic) bond motifs is 2. The van der Waals surface area contributed by atoms with Gasteiger partial charge in [0.15, 0.2) is 0 Å². The van der Waals surface area contributed by atoms with E-state index in [4.69, 9.17) is 4.98 Å². The van der Waals surface area contributed by atoms with Crippen LogP contribution in [0.3, 0.4) is 0 Å². The molecule has 30 heavy (non-hydrogen) atoms. The van der Waals surface area contributed by atoms with Gasteiger partial charge in [0, 0.05) is 10.9 Å². The molecule has 0 atom stereocenters. The van der Waals surface area contributed by atoms with Crippen molar-refractivity contribution in [1.82, 2.24) is 4.98 Å². The van der Waals surface area contributed by atoms with Gasteiger partial charge in [-0.25, -0.2) is 4.98 Å². The van der Waals surface area contributed by atoms with Gasteiger partial charge < -0.3 is 0 Å². The minimum Gasteiger partial charge on any atom is -0.248 e. The van der Waals surface area contributed by atoms with Crippen molar-refractivity contribution in [1.29, 1.82) is 0 Å². The molecule has 3 aromatic carbocycles. The molecule has 0 saturated heterocycles. The maximum Gasteiger partial charge on any atom is 0.0715 e. The number of aromatic nitrogens is 1. The summed E-state index contributed by atoms with van der Waals surface area (Å²) in [6, 6.07) is 24.9. The van der Waals surface area contributed by atoms with Gasteiger partial charge in [-0.15, -0.1) is 0 Å². The first-order valence-electron chi connectivity index (χ1n) is 11.8. The van der Waals surface area contributed by atoms with E-state index in [1.807, 2.05) is 0 Å². The topological polar surface area (TPSA) is 12.9 Å². The summed E-state index contributed by atoms with van der Waals surface area (Å²) < 4.78 is 0. The molecular weight excluding hydrogens is 362 g/mol. The van der Waals surface area contributed by atoms with Crippen LogP contribution in [0.4, 0.5) is 0 Å². The van der Waals surface area contributed by atoms with Crippen molar-refractivity contribution in [3.05, 3.63) is 77.9 Å². The summed E-state index contributed by atoms with van der Waals surface area (Å²) in [6.07, 6.45) is 10.9. The van der Waals surface area contributed by atoms with Crippen molar-refractivity contribution in [2.24, 2.45) is 0 Å². The molecule has 6 rings (SSSR count). The Morgan fingerprint density at radius 2 is 1.37 bits per heavy atom. The van der Waals surface area contributed by atoms with Gasteiger partial charge in [-0.1, -0.05) is 74.2 Å². The molecule has 0 unspecified atom stereocenters. The summed E-state index contributed by atoms with van der Waals surface area (Å²) in [4.78, 5) is 5.22. The van der Waals surface area contributed by atoms with Gasteiger partial charge in [-0.2, -0.15) is 0 Å². The monoisotopic (exact) mass is 391 g/mol.